The molecule has 0 spiro atoms. The molecule has 0 bridgehead atoms. The Balaban J connectivity index is 1.23. The molecule has 8 aromatic rings. The molecule has 0 radical (unpaired) electrons. The van der Waals surface area contributed by atoms with Crippen molar-refractivity contribution in [1.82, 2.24) is 0 Å². The molecule has 44 heavy (non-hydrogen) atoms. The van der Waals surface area contributed by atoms with Crippen LogP contribution in [0.15, 0.2) is 182 Å². The first-order valence-electron chi connectivity index (χ1n) is 15.0. The highest BCUT2D eigenvalue weighted by Gasteiger charge is 2.16. The molecule has 0 saturated carbocycles. The number of nitrogens with zero attached hydrogens (tertiary/aromatic N) is 2. The van der Waals surface area contributed by atoms with Crippen LogP contribution in [-0.4, -0.2) is 0 Å². The van der Waals surface area contributed by atoms with E-state index in [1.165, 1.54) is 32.3 Å². The van der Waals surface area contributed by atoms with Crippen LogP contribution < -0.4 is 9.80 Å². The highest BCUT2D eigenvalue weighted by Crippen LogP contribution is 2.40. The Bertz CT molecular complexity index is 2170. The molecular weight excluding hydrogens is 532 g/mol. The van der Waals surface area contributed by atoms with Crippen LogP contribution in [0, 0.1) is 0 Å². The molecule has 0 saturated heterocycles. The minimum atomic E-state index is 1.10. The Hall–Kier alpha value is -5.86. The average Bonchev–Trinajstić information content (AvgIpc) is 3.10. The first-order valence-corrected chi connectivity index (χ1v) is 15.0. The zero-order chi connectivity index (χ0) is 29.3. The lowest BCUT2D eigenvalue weighted by Crippen LogP contribution is -2.12. The van der Waals surface area contributed by atoms with Gasteiger partial charge in [0.15, 0.2) is 0 Å². The largest absolute Gasteiger partial charge is 0.311 e. The van der Waals surface area contributed by atoms with Gasteiger partial charge in [-0.25, -0.2) is 0 Å². The summed E-state index contributed by atoms with van der Waals surface area (Å²) in [4.78, 5) is 4.63. The maximum absolute atomic E-state index is 2.34. The number of hydrogen-bond donors (Lipinski definition) is 0. The highest BCUT2D eigenvalue weighted by molar-refractivity contribution is 6.17. The fourth-order valence-corrected chi connectivity index (χ4v) is 6.33. The van der Waals surface area contributed by atoms with Crippen molar-refractivity contribution in [3.8, 4) is 0 Å². The second-order valence-corrected chi connectivity index (χ2v) is 11.0. The summed E-state index contributed by atoms with van der Waals surface area (Å²) in [5.41, 5.74) is 6.71. The molecule has 0 amide bonds. The molecule has 0 aliphatic rings. The van der Waals surface area contributed by atoms with Gasteiger partial charge in [-0.05, 0) is 105 Å². The molecule has 8 rings (SSSR count). The van der Waals surface area contributed by atoms with Crippen molar-refractivity contribution in [1.29, 1.82) is 0 Å². The van der Waals surface area contributed by atoms with Gasteiger partial charge in [0.1, 0.15) is 0 Å². The topological polar surface area (TPSA) is 6.48 Å². The molecular formula is C42H30N2. The summed E-state index contributed by atoms with van der Waals surface area (Å²) in [6, 6.07) is 65.0. The summed E-state index contributed by atoms with van der Waals surface area (Å²) in [5.74, 6) is 0. The number of rotatable bonds is 6. The Labute approximate surface area is 257 Å². The second kappa shape index (κ2) is 11.1. The van der Waals surface area contributed by atoms with Crippen molar-refractivity contribution in [2.75, 3.05) is 9.80 Å². The molecule has 0 N–H and O–H groups in total. The van der Waals surface area contributed by atoms with Gasteiger partial charge < -0.3 is 9.80 Å². The summed E-state index contributed by atoms with van der Waals surface area (Å²) < 4.78 is 0. The number of para-hydroxylation sites is 3. The van der Waals surface area contributed by atoms with Crippen LogP contribution in [0.4, 0.5) is 34.1 Å². The van der Waals surface area contributed by atoms with E-state index < -0.39 is 0 Å². The van der Waals surface area contributed by atoms with Crippen molar-refractivity contribution in [2.24, 2.45) is 0 Å². The lowest BCUT2D eigenvalue weighted by Gasteiger charge is -2.28. The van der Waals surface area contributed by atoms with E-state index >= 15 is 0 Å². The summed E-state index contributed by atoms with van der Waals surface area (Å²) in [6.45, 7) is 0. The van der Waals surface area contributed by atoms with E-state index in [4.69, 9.17) is 0 Å². The molecule has 2 nitrogen and oxygen atoms in total. The molecule has 208 valence electrons. The molecule has 2 heteroatoms. The number of anilines is 6. The summed E-state index contributed by atoms with van der Waals surface area (Å²) in [7, 11) is 0. The van der Waals surface area contributed by atoms with Crippen molar-refractivity contribution in [3.05, 3.63) is 182 Å². The maximum Gasteiger partial charge on any atom is 0.0468 e. The molecule has 0 unspecified atom stereocenters. The third-order valence-corrected chi connectivity index (χ3v) is 8.39. The molecule has 8 aromatic carbocycles. The normalized spacial score (nSPS) is 11.2. The summed E-state index contributed by atoms with van der Waals surface area (Å²) in [6.07, 6.45) is 0. The summed E-state index contributed by atoms with van der Waals surface area (Å²) in [5, 5.41) is 7.63. The fraction of sp³-hybridized carbons (Fsp3) is 0. The number of hydrogen-bond acceptors (Lipinski definition) is 2. The first-order chi connectivity index (χ1) is 21.8. The van der Waals surface area contributed by atoms with Gasteiger partial charge in [-0.3, -0.25) is 0 Å². The molecule has 0 heterocycles. The predicted octanol–water partition coefficient (Wildman–Crippen LogP) is 12.1. The SMILES string of the molecule is c1ccc(N(c2ccccc2)c2ccc(N(c3ccccc3)c3ccc4c(ccc5c6ccccc6ccc45)c3)cc2)cc1. The molecule has 0 fully saturated rings. The van der Waals surface area contributed by atoms with Gasteiger partial charge in [0.25, 0.3) is 0 Å². The lowest BCUT2D eigenvalue weighted by atomic mass is 9.96. The third kappa shape index (κ3) is 4.63. The smallest absolute Gasteiger partial charge is 0.0468 e. The first kappa shape index (κ1) is 25.8. The minimum Gasteiger partial charge on any atom is -0.311 e. The zero-order valence-electron chi connectivity index (χ0n) is 24.2. The van der Waals surface area contributed by atoms with E-state index in [0.29, 0.717) is 0 Å². The molecule has 0 aliphatic heterocycles. The van der Waals surface area contributed by atoms with Gasteiger partial charge >= 0.3 is 0 Å². The van der Waals surface area contributed by atoms with Gasteiger partial charge in [-0.15, -0.1) is 0 Å². The quantitative estimate of drug-likeness (QED) is 0.186. The highest BCUT2D eigenvalue weighted by atomic mass is 15.2. The van der Waals surface area contributed by atoms with Gasteiger partial charge in [-0.1, -0.05) is 109 Å². The Morgan fingerprint density at radius 3 is 1.14 bits per heavy atom. The monoisotopic (exact) mass is 562 g/mol. The molecule has 0 atom stereocenters. The molecule has 0 aromatic heterocycles. The number of fused-ring (bicyclic) bond motifs is 5. The number of benzene rings is 8. The Morgan fingerprint density at radius 2 is 0.591 bits per heavy atom. The minimum absolute atomic E-state index is 1.10. The Kier molecular flexibility index (Phi) is 6.51. The van der Waals surface area contributed by atoms with E-state index in [-0.39, 0.29) is 0 Å². The van der Waals surface area contributed by atoms with Crippen LogP contribution >= 0.6 is 0 Å². The van der Waals surface area contributed by atoms with Crippen LogP contribution in [-0.2, 0) is 0 Å². The maximum atomic E-state index is 2.34. The van der Waals surface area contributed by atoms with Crippen LogP contribution in [0.5, 0.6) is 0 Å². The van der Waals surface area contributed by atoms with Crippen molar-refractivity contribution in [2.45, 2.75) is 0 Å². The summed E-state index contributed by atoms with van der Waals surface area (Å²) >= 11 is 0. The molecule has 0 aliphatic carbocycles. The van der Waals surface area contributed by atoms with Crippen LogP contribution in [0.25, 0.3) is 32.3 Å². The van der Waals surface area contributed by atoms with Gasteiger partial charge in [0, 0.05) is 34.1 Å². The van der Waals surface area contributed by atoms with E-state index in [1.54, 1.807) is 0 Å². The predicted molar refractivity (Wildman–Crippen MR) is 188 cm³/mol. The van der Waals surface area contributed by atoms with E-state index in [2.05, 4.69) is 192 Å². The van der Waals surface area contributed by atoms with Crippen molar-refractivity contribution < 1.29 is 0 Å². The van der Waals surface area contributed by atoms with Gasteiger partial charge in [-0.2, -0.15) is 0 Å². The van der Waals surface area contributed by atoms with Crippen LogP contribution in [0.2, 0.25) is 0 Å². The van der Waals surface area contributed by atoms with Crippen molar-refractivity contribution >= 4 is 66.4 Å². The lowest BCUT2D eigenvalue weighted by molar-refractivity contribution is 1.26. The van der Waals surface area contributed by atoms with E-state index in [9.17, 15) is 0 Å². The van der Waals surface area contributed by atoms with Crippen molar-refractivity contribution in [3.63, 3.8) is 0 Å². The van der Waals surface area contributed by atoms with Gasteiger partial charge in [0.2, 0.25) is 0 Å². The Morgan fingerprint density at radius 1 is 0.227 bits per heavy atom. The fourth-order valence-electron chi connectivity index (χ4n) is 6.33. The zero-order valence-corrected chi connectivity index (χ0v) is 24.2. The second-order valence-electron chi connectivity index (χ2n) is 11.0. The standard InChI is InChI=1S/C42H30N2/c1-4-13-33(14-5-1)43(34-15-6-2-7-16-34)36-22-24-37(25-23-36)44(35-17-8-3-9-18-35)38-26-29-40-32(30-38)21-28-41-39-19-11-10-12-31(39)20-27-42(40)41/h1-30H. The van der Waals surface area contributed by atoms with Crippen LogP contribution in [0.1, 0.15) is 0 Å². The van der Waals surface area contributed by atoms with E-state index in [0.717, 1.165) is 34.1 Å². The van der Waals surface area contributed by atoms with E-state index in [1.807, 2.05) is 0 Å². The average molecular weight is 563 g/mol. The van der Waals surface area contributed by atoms with Gasteiger partial charge in [0.05, 0.1) is 0 Å². The third-order valence-electron chi connectivity index (χ3n) is 8.39. The van der Waals surface area contributed by atoms with Crippen LogP contribution in [0.3, 0.4) is 0 Å².